The number of aromatic nitrogens is 5. The predicted molar refractivity (Wildman–Crippen MR) is 125 cm³/mol. The summed E-state index contributed by atoms with van der Waals surface area (Å²) in [5, 5.41) is 10.1. The van der Waals surface area contributed by atoms with Crippen LogP contribution in [0.25, 0.3) is 22.3 Å². The third-order valence-electron chi connectivity index (χ3n) is 5.30. The quantitative estimate of drug-likeness (QED) is 0.372. The first-order chi connectivity index (χ1) is 15.6. The molecule has 160 valence electrons. The summed E-state index contributed by atoms with van der Waals surface area (Å²) in [4.78, 5) is 20.1. The maximum Gasteiger partial charge on any atom is 0.258 e. The Morgan fingerprint density at radius 3 is 2.62 bits per heavy atom. The van der Waals surface area contributed by atoms with E-state index in [1.54, 1.807) is 12.3 Å². The van der Waals surface area contributed by atoms with Crippen molar-refractivity contribution in [2.75, 3.05) is 0 Å². The SMILES string of the molecule is Cc1occc1-c1nnc(SC(C)c2nc3ccccc3c(=O)[nH]2)n1Cc1ccccc1. The number of hydrogen-bond donors (Lipinski definition) is 1. The van der Waals surface area contributed by atoms with Gasteiger partial charge in [-0.1, -0.05) is 54.2 Å². The van der Waals surface area contributed by atoms with Crippen molar-refractivity contribution in [2.45, 2.75) is 30.8 Å². The molecule has 1 atom stereocenters. The highest BCUT2D eigenvalue weighted by molar-refractivity contribution is 7.99. The minimum atomic E-state index is -0.140. The first-order valence-corrected chi connectivity index (χ1v) is 11.2. The molecule has 7 nitrogen and oxygen atoms in total. The molecular formula is C24H21N5O2S. The number of aryl methyl sites for hydroxylation is 1. The largest absolute Gasteiger partial charge is 0.469 e. The van der Waals surface area contributed by atoms with Crippen LogP contribution >= 0.6 is 11.8 Å². The van der Waals surface area contributed by atoms with E-state index < -0.39 is 0 Å². The van der Waals surface area contributed by atoms with Gasteiger partial charge in [-0.05, 0) is 37.6 Å². The Morgan fingerprint density at radius 1 is 1.06 bits per heavy atom. The van der Waals surface area contributed by atoms with Gasteiger partial charge >= 0.3 is 0 Å². The fraction of sp³-hybridized carbons (Fsp3) is 0.167. The Kier molecular flexibility index (Phi) is 5.36. The number of hydrogen-bond acceptors (Lipinski definition) is 6. The number of H-pyrrole nitrogens is 1. The molecule has 0 aliphatic heterocycles. The summed E-state index contributed by atoms with van der Waals surface area (Å²) in [6, 6.07) is 19.4. The summed E-state index contributed by atoms with van der Waals surface area (Å²) >= 11 is 1.51. The number of nitrogens with one attached hydrogen (secondary N) is 1. The number of furan rings is 1. The van der Waals surface area contributed by atoms with Gasteiger partial charge in [0.2, 0.25) is 0 Å². The molecule has 0 bridgehead atoms. The number of thioether (sulfide) groups is 1. The van der Waals surface area contributed by atoms with Crippen molar-refractivity contribution in [3.63, 3.8) is 0 Å². The molecule has 5 aromatic rings. The molecule has 0 aliphatic rings. The summed E-state index contributed by atoms with van der Waals surface area (Å²) in [5.41, 5.74) is 2.59. The molecule has 0 saturated heterocycles. The second kappa shape index (κ2) is 8.47. The molecular weight excluding hydrogens is 422 g/mol. The molecule has 1 N–H and O–H groups in total. The molecule has 3 heterocycles. The minimum absolute atomic E-state index is 0.135. The Hall–Kier alpha value is -3.65. The summed E-state index contributed by atoms with van der Waals surface area (Å²) in [7, 11) is 0. The Balaban J connectivity index is 1.52. The zero-order valence-corrected chi connectivity index (χ0v) is 18.5. The minimum Gasteiger partial charge on any atom is -0.469 e. The van der Waals surface area contributed by atoms with E-state index in [9.17, 15) is 4.79 Å². The first kappa shape index (κ1) is 20.3. The Bertz CT molecular complexity index is 1440. The number of fused-ring (bicyclic) bond motifs is 1. The third kappa shape index (κ3) is 3.85. The van der Waals surface area contributed by atoms with E-state index in [4.69, 9.17) is 4.42 Å². The van der Waals surface area contributed by atoms with Crippen LogP contribution in [0.4, 0.5) is 0 Å². The average molecular weight is 444 g/mol. The van der Waals surface area contributed by atoms with Crippen LogP contribution in [-0.4, -0.2) is 24.7 Å². The van der Waals surface area contributed by atoms with E-state index in [-0.39, 0.29) is 10.8 Å². The summed E-state index contributed by atoms with van der Waals surface area (Å²) < 4.78 is 7.58. The van der Waals surface area contributed by atoms with Gasteiger partial charge in [0.25, 0.3) is 5.56 Å². The van der Waals surface area contributed by atoms with Crippen LogP contribution in [0.2, 0.25) is 0 Å². The summed E-state index contributed by atoms with van der Waals surface area (Å²) in [6.45, 7) is 4.53. The fourth-order valence-corrected chi connectivity index (χ4v) is 4.52. The molecule has 5 rings (SSSR count). The fourth-order valence-electron chi connectivity index (χ4n) is 3.61. The maximum absolute atomic E-state index is 12.5. The lowest BCUT2D eigenvalue weighted by molar-refractivity contribution is 0.534. The van der Waals surface area contributed by atoms with Crippen molar-refractivity contribution in [1.82, 2.24) is 24.7 Å². The van der Waals surface area contributed by atoms with Crippen molar-refractivity contribution in [2.24, 2.45) is 0 Å². The second-order valence-electron chi connectivity index (χ2n) is 7.50. The molecule has 1 unspecified atom stereocenters. The van der Waals surface area contributed by atoms with E-state index in [0.717, 1.165) is 27.9 Å². The Morgan fingerprint density at radius 2 is 1.84 bits per heavy atom. The molecule has 0 saturated carbocycles. The normalized spacial score (nSPS) is 12.3. The van der Waals surface area contributed by atoms with Crippen LogP contribution in [0.1, 0.15) is 29.3 Å². The maximum atomic E-state index is 12.5. The van der Waals surface area contributed by atoms with E-state index in [1.165, 1.54) is 11.8 Å². The lowest BCUT2D eigenvalue weighted by Gasteiger charge is -2.13. The van der Waals surface area contributed by atoms with Gasteiger partial charge in [0.15, 0.2) is 11.0 Å². The number of para-hydroxylation sites is 1. The highest BCUT2D eigenvalue weighted by Gasteiger charge is 2.21. The van der Waals surface area contributed by atoms with Crippen molar-refractivity contribution < 1.29 is 4.42 Å². The Labute approximate surface area is 188 Å². The van der Waals surface area contributed by atoms with Gasteiger partial charge in [-0.25, -0.2) is 4.98 Å². The molecule has 0 spiro atoms. The monoisotopic (exact) mass is 443 g/mol. The average Bonchev–Trinajstić information content (AvgIpc) is 3.40. The molecule has 0 aliphatic carbocycles. The zero-order valence-electron chi connectivity index (χ0n) is 17.6. The van der Waals surface area contributed by atoms with Gasteiger partial charge < -0.3 is 9.40 Å². The second-order valence-corrected chi connectivity index (χ2v) is 8.80. The van der Waals surface area contributed by atoms with E-state index in [0.29, 0.717) is 23.3 Å². The standard InChI is InChI=1S/C24H21N5O2S/c1-15-18(12-13-31-15)22-27-28-24(29(22)14-17-8-4-3-5-9-17)32-16(2)21-25-20-11-7-6-10-19(20)23(30)26-21/h3-13,16H,14H2,1-2H3,(H,25,26,30). The van der Waals surface area contributed by atoms with Gasteiger partial charge in [-0.15, -0.1) is 10.2 Å². The summed E-state index contributed by atoms with van der Waals surface area (Å²) in [5.74, 6) is 2.14. The van der Waals surface area contributed by atoms with Gasteiger partial charge in [0.1, 0.15) is 11.6 Å². The van der Waals surface area contributed by atoms with Crippen molar-refractivity contribution in [1.29, 1.82) is 0 Å². The highest BCUT2D eigenvalue weighted by atomic mass is 32.2. The van der Waals surface area contributed by atoms with E-state index >= 15 is 0 Å². The van der Waals surface area contributed by atoms with Crippen molar-refractivity contribution in [3.05, 3.63) is 94.4 Å². The van der Waals surface area contributed by atoms with Crippen LogP contribution in [-0.2, 0) is 6.54 Å². The molecule has 3 aromatic heterocycles. The van der Waals surface area contributed by atoms with Crippen molar-refractivity contribution in [3.8, 4) is 11.4 Å². The van der Waals surface area contributed by atoms with E-state index in [1.807, 2.05) is 56.3 Å². The lowest BCUT2D eigenvalue weighted by atomic mass is 10.2. The number of aromatic amines is 1. The van der Waals surface area contributed by atoms with Crippen LogP contribution in [0, 0.1) is 6.92 Å². The van der Waals surface area contributed by atoms with Crippen LogP contribution in [0.3, 0.4) is 0 Å². The smallest absolute Gasteiger partial charge is 0.258 e. The number of benzene rings is 2. The van der Waals surface area contributed by atoms with E-state index in [2.05, 4.69) is 36.9 Å². The van der Waals surface area contributed by atoms with Gasteiger partial charge in [0.05, 0.1) is 34.5 Å². The first-order valence-electron chi connectivity index (χ1n) is 10.3. The van der Waals surface area contributed by atoms with Crippen LogP contribution < -0.4 is 5.56 Å². The third-order valence-corrected chi connectivity index (χ3v) is 6.39. The van der Waals surface area contributed by atoms with Gasteiger partial charge in [0, 0.05) is 0 Å². The number of nitrogens with zero attached hydrogens (tertiary/aromatic N) is 4. The molecule has 0 fully saturated rings. The molecule has 8 heteroatoms. The highest BCUT2D eigenvalue weighted by Crippen LogP contribution is 2.35. The van der Waals surface area contributed by atoms with Crippen LogP contribution in [0.5, 0.6) is 0 Å². The lowest BCUT2D eigenvalue weighted by Crippen LogP contribution is -2.13. The predicted octanol–water partition coefficient (Wildman–Crippen LogP) is 4.98. The van der Waals surface area contributed by atoms with Gasteiger partial charge in [-0.2, -0.15) is 0 Å². The topological polar surface area (TPSA) is 89.6 Å². The molecule has 32 heavy (non-hydrogen) atoms. The van der Waals surface area contributed by atoms with Crippen molar-refractivity contribution >= 4 is 22.7 Å². The summed E-state index contributed by atoms with van der Waals surface area (Å²) in [6.07, 6.45) is 1.66. The molecule has 0 amide bonds. The molecule has 0 radical (unpaired) electrons. The number of rotatable bonds is 6. The zero-order chi connectivity index (χ0) is 22.1. The van der Waals surface area contributed by atoms with Crippen LogP contribution in [0.15, 0.2) is 81.3 Å². The van der Waals surface area contributed by atoms with Gasteiger partial charge in [-0.3, -0.25) is 9.36 Å². The molecule has 2 aromatic carbocycles.